The van der Waals surface area contributed by atoms with E-state index in [-0.39, 0.29) is 0 Å². The lowest BCUT2D eigenvalue weighted by Gasteiger charge is -2.07. The van der Waals surface area contributed by atoms with Gasteiger partial charge in [-0.05, 0) is 44.2 Å². The van der Waals surface area contributed by atoms with Crippen LogP contribution in [0.15, 0.2) is 42.0 Å². The van der Waals surface area contributed by atoms with Crippen molar-refractivity contribution in [1.29, 1.82) is 0 Å². The normalized spacial score (nSPS) is 10.5. The summed E-state index contributed by atoms with van der Waals surface area (Å²) < 4.78 is 0. The number of aromatic hydroxyl groups is 1. The second kappa shape index (κ2) is 4.62. The van der Waals surface area contributed by atoms with Gasteiger partial charge >= 0.3 is 0 Å². The molecule has 1 heteroatoms. The number of rotatable bonds is 2. The average molecular weight is 226 g/mol. The predicted octanol–water partition coefficient (Wildman–Crippen LogP) is 4.36. The van der Waals surface area contributed by atoms with E-state index in [9.17, 15) is 5.11 Å². The van der Waals surface area contributed by atoms with Crippen LogP contribution in [-0.2, 0) is 6.42 Å². The standard InChI is InChI=1S/C16H18O/c1-11(2)4-6-14-9-8-13-7-5-12(3)10-15(13)16(14)17/h4-5,7-10,17H,6H2,1-3H3. The largest absolute Gasteiger partial charge is 0.507 e. The maximum Gasteiger partial charge on any atom is 0.126 e. The van der Waals surface area contributed by atoms with Crippen LogP contribution in [-0.4, -0.2) is 5.11 Å². The Morgan fingerprint density at radius 2 is 1.88 bits per heavy atom. The fourth-order valence-electron chi connectivity index (χ4n) is 1.94. The Balaban J connectivity index is 2.52. The van der Waals surface area contributed by atoms with E-state index in [0.717, 1.165) is 22.8 Å². The smallest absolute Gasteiger partial charge is 0.126 e. The molecule has 0 aliphatic heterocycles. The molecule has 0 amide bonds. The van der Waals surface area contributed by atoms with Crippen molar-refractivity contribution >= 4 is 10.8 Å². The van der Waals surface area contributed by atoms with E-state index < -0.39 is 0 Å². The molecule has 17 heavy (non-hydrogen) atoms. The van der Waals surface area contributed by atoms with Gasteiger partial charge in [-0.1, -0.05) is 41.5 Å². The molecule has 0 atom stereocenters. The van der Waals surface area contributed by atoms with Crippen molar-refractivity contribution in [2.24, 2.45) is 0 Å². The van der Waals surface area contributed by atoms with Gasteiger partial charge in [0.25, 0.3) is 0 Å². The predicted molar refractivity (Wildman–Crippen MR) is 73.5 cm³/mol. The first kappa shape index (κ1) is 11.7. The van der Waals surface area contributed by atoms with E-state index in [1.165, 1.54) is 11.1 Å². The summed E-state index contributed by atoms with van der Waals surface area (Å²) in [5.74, 6) is 0.420. The molecule has 2 aromatic carbocycles. The summed E-state index contributed by atoms with van der Waals surface area (Å²) in [5, 5.41) is 12.3. The molecule has 2 aromatic rings. The quantitative estimate of drug-likeness (QED) is 0.754. The molecule has 0 heterocycles. The number of phenolic OH excluding ortho intramolecular Hbond substituents is 1. The van der Waals surface area contributed by atoms with E-state index in [1.54, 1.807) is 0 Å². The molecule has 0 saturated carbocycles. The van der Waals surface area contributed by atoms with Gasteiger partial charge in [-0.3, -0.25) is 0 Å². The van der Waals surface area contributed by atoms with Crippen LogP contribution < -0.4 is 0 Å². The van der Waals surface area contributed by atoms with Gasteiger partial charge in [0, 0.05) is 5.39 Å². The van der Waals surface area contributed by atoms with Gasteiger partial charge < -0.3 is 5.11 Å². The zero-order chi connectivity index (χ0) is 12.4. The van der Waals surface area contributed by atoms with Gasteiger partial charge in [-0.25, -0.2) is 0 Å². The lowest BCUT2D eigenvalue weighted by molar-refractivity contribution is 0.476. The molecule has 0 aliphatic rings. The monoisotopic (exact) mass is 226 g/mol. The van der Waals surface area contributed by atoms with E-state index in [1.807, 2.05) is 19.1 Å². The molecular weight excluding hydrogens is 208 g/mol. The number of phenols is 1. The van der Waals surface area contributed by atoms with E-state index in [2.05, 4.69) is 38.1 Å². The van der Waals surface area contributed by atoms with Gasteiger partial charge in [0.1, 0.15) is 5.75 Å². The van der Waals surface area contributed by atoms with Gasteiger partial charge in [0.15, 0.2) is 0 Å². The van der Waals surface area contributed by atoms with Gasteiger partial charge in [0.05, 0.1) is 0 Å². The second-order valence-electron chi connectivity index (χ2n) is 4.78. The minimum atomic E-state index is 0.420. The first-order valence-corrected chi connectivity index (χ1v) is 5.92. The minimum Gasteiger partial charge on any atom is -0.507 e. The summed E-state index contributed by atoms with van der Waals surface area (Å²) in [6.07, 6.45) is 2.93. The molecule has 88 valence electrons. The molecule has 2 rings (SSSR count). The number of aryl methyl sites for hydroxylation is 1. The SMILES string of the molecule is CC(C)=CCc1ccc2ccc(C)cc2c1O. The Kier molecular flexibility index (Phi) is 3.19. The Morgan fingerprint density at radius 1 is 1.18 bits per heavy atom. The molecule has 0 radical (unpaired) electrons. The van der Waals surface area contributed by atoms with Crippen molar-refractivity contribution in [3.05, 3.63) is 53.1 Å². The van der Waals surface area contributed by atoms with E-state index in [0.29, 0.717) is 5.75 Å². The third kappa shape index (κ3) is 2.50. The maximum absolute atomic E-state index is 10.3. The first-order chi connectivity index (χ1) is 8.08. The van der Waals surface area contributed by atoms with Gasteiger partial charge in [0.2, 0.25) is 0 Å². The molecule has 0 unspecified atom stereocenters. The van der Waals surface area contributed by atoms with Crippen molar-refractivity contribution in [3.8, 4) is 5.75 Å². The average Bonchev–Trinajstić information content (AvgIpc) is 2.29. The van der Waals surface area contributed by atoms with Crippen molar-refractivity contribution in [2.45, 2.75) is 27.2 Å². The highest BCUT2D eigenvalue weighted by atomic mass is 16.3. The molecule has 1 N–H and O–H groups in total. The van der Waals surface area contributed by atoms with Crippen molar-refractivity contribution in [3.63, 3.8) is 0 Å². The zero-order valence-corrected chi connectivity index (χ0v) is 10.6. The number of hydrogen-bond acceptors (Lipinski definition) is 1. The summed E-state index contributed by atoms with van der Waals surface area (Å²) in [4.78, 5) is 0. The number of fused-ring (bicyclic) bond motifs is 1. The highest BCUT2D eigenvalue weighted by molar-refractivity contribution is 5.89. The molecule has 0 aromatic heterocycles. The zero-order valence-electron chi connectivity index (χ0n) is 10.6. The topological polar surface area (TPSA) is 20.2 Å². The van der Waals surface area contributed by atoms with E-state index in [4.69, 9.17) is 0 Å². The lowest BCUT2D eigenvalue weighted by Crippen LogP contribution is -1.86. The fraction of sp³-hybridized carbons (Fsp3) is 0.250. The van der Waals surface area contributed by atoms with E-state index >= 15 is 0 Å². The van der Waals surface area contributed by atoms with Crippen molar-refractivity contribution in [2.75, 3.05) is 0 Å². The summed E-state index contributed by atoms with van der Waals surface area (Å²) >= 11 is 0. The minimum absolute atomic E-state index is 0.420. The lowest BCUT2D eigenvalue weighted by atomic mass is 10.0. The Bertz CT molecular complexity index is 575. The Labute approximate surface area is 102 Å². The first-order valence-electron chi connectivity index (χ1n) is 5.92. The Hall–Kier alpha value is -1.76. The number of hydrogen-bond donors (Lipinski definition) is 1. The van der Waals surface area contributed by atoms with Crippen molar-refractivity contribution < 1.29 is 5.11 Å². The van der Waals surface area contributed by atoms with Crippen LogP contribution in [0.5, 0.6) is 5.75 Å². The second-order valence-corrected chi connectivity index (χ2v) is 4.78. The van der Waals surface area contributed by atoms with Gasteiger partial charge in [-0.2, -0.15) is 0 Å². The van der Waals surface area contributed by atoms with Crippen LogP contribution in [0.4, 0.5) is 0 Å². The Morgan fingerprint density at radius 3 is 2.59 bits per heavy atom. The highest BCUT2D eigenvalue weighted by Gasteiger charge is 2.05. The van der Waals surface area contributed by atoms with Crippen LogP contribution in [0.25, 0.3) is 10.8 Å². The molecule has 0 fully saturated rings. The van der Waals surface area contributed by atoms with Crippen LogP contribution in [0.2, 0.25) is 0 Å². The summed E-state index contributed by atoms with van der Waals surface area (Å²) in [6.45, 7) is 6.19. The molecule has 0 bridgehead atoms. The van der Waals surface area contributed by atoms with Gasteiger partial charge in [-0.15, -0.1) is 0 Å². The summed E-state index contributed by atoms with van der Waals surface area (Å²) in [7, 11) is 0. The number of allylic oxidation sites excluding steroid dienone is 2. The third-order valence-electron chi connectivity index (χ3n) is 2.96. The van der Waals surface area contributed by atoms with Crippen LogP contribution in [0.3, 0.4) is 0 Å². The fourth-order valence-corrected chi connectivity index (χ4v) is 1.94. The van der Waals surface area contributed by atoms with Crippen LogP contribution in [0.1, 0.15) is 25.0 Å². The summed E-state index contributed by atoms with van der Waals surface area (Å²) in [5.41, 5.74) is 3.44. The molecule has 0 saturated heterocycles. The molecule has 1 nitrogen and oxygen atoms in total. The molecular formula is C16H18O. The molecule has 0 spiro atoms. The maximum atomic E-state index is 10.3. The van der Waals surface area contributed by atoms with Crippen molar-refractivity contribution in [1.82, 2.24) is 0 Å². The van der Waals surface area contributed by atoms with Crippen LogP contribution >= 0.6 is 0 Å². The number of benzene rings is 2. The highest BCUT2D eigenvalue weighted by Crippen LogP contribution is 2.30. The third-order valence-corrected chi connectivity index (χ3v) is 2.96. The van der Waals surface area contributed by atoms with Crippen LogP contribution in [0, 0.1) is 6.92 Å². The molecule has 0 aliphatic carbocycles. The summed E-state index contributed by atoms with van der Waals surface area (Å²) in [6, 6.07) is 10.2.